The van der Waals surface area contributed by atoms with Crippen LogP contribution >= 0.6 is 0 Å². The smallest absolute Gasteiger partial charge is 0.142 e. The Labute approximate surface area is 79.0 Å². The van der Waals surface area contributed by atoms with E-state index >= 15 is 0 Å². The molecule has 0 saturated heterocycles. The van der Waals surface area contributed by atoms with Gasteiger partial charge in [-0.3, -0.25) is 0 Å². The van der Waals surface area contributed by atoms with E-state index in [1.54, 1.807) is 0 Å². The minimum Gasteiger partial charge on any atom is -0.409 e. The molecule has 3 nitrogen and oxygen atoms in total. The highest BCUT2D eigenvalue weighted by molar-refractivity contribution is 5.83. The molecule has 0 heterocycles. The lowest BCUT2D eigenvalue weighted by molar-refractivity contribution is 0.137. The maximum Gasteiger partial charge on any atom is 0.142 e. The highest BCUT2D eigenvalue weighted by Gasteiger charge is 2.38. The van der Waals surface area contributed by atoms with Crippen LogP contribution in [0.5, 0.6) is 0 Å². The maximum atomic E-state index is 8.71. The van der Waals surface area contributed by atoms with E-state index in [0.29, 0.717) is 23.6 Å². The van der Waals surface area contributed by atoms with E-state index < -0.39 is 0 Å². The van der Waals surface area contributed by atoms with Crippen molar-refractivity contribution in [2.24, 2.45) is 28.6 Å². The Morgan fingerprint density at radius 3 is 1.85 bits per heavy atom. The van der Waals surface area contributed by atoms with Crippen LogP contribution in [-0.4, -0.2) is 11.0 Å². The lowest BCUT2D eigenvalue weighted by Gasteiger charge is -2.41. The van der Waals surface area contributed by atoms with Crippen LogP contribution < -0.4 is 5.73 Å². The second-order valence-corrected chi connectivity index (χ2v) is 4.43. The molecular formula is C10H18N2O. The largest absolute Gasteiger partial charge is 0.409 e. The van der Waals surface area contributed by atoms with Crippen LogP contribution in [0.25, 0.3) is 0 Å². The van der Waals surface area contributed by atoms with Crippen molar-refractivity contribution in [3.8, 4) is 0 Å². The van der Waals surface area contributed by atoms with Gasteiger partial charge < -0.3 is 10.9 Å². The molecule has 74 valence electrons. The second-order valence-electron chi connectivity index (χ2n) is 4.43. The maximum absolute atomic E-state index is 8.71. The molecule has 0 aromatic rings. The molecule has 2 aliphatic carbocycles. The fourth-order valence-electron chi connectivity index (χ4n) is 2.53. The first-order valence-electron chi connectivity index (χ1n) is 5.30. The van der Waals surface area contributed by atoms with Gasteiger partial charge in [0, 0.05) is 5.92 Å². The minimum absolute atomic E-state index is 0.382. The van der Waals surface area contributed by atoms with Gasteiger partial charge in [0.05, 0.1) is 0 Å². The van der Waals surface area contributed by atoms with Crippen molar-refractivity contribution in [3.05, 3.63) is 0 Å². The van der Waals surface area contributed by atoms with Crippen molar-refractivity contribution >= 4 is 5.84 Å². The highest BCUT2D eigenvalue weighted by Crippen LogP contribution is 2.44. The predicted octanol–water partition coefficient (Wildman–Crippen LogP) is 1.95. The molecule has 0 amide bonds. The molecule has 0 aromatic carbocycles. The molecule has 0 spiro atoms. The summed E-state index contributed by atoms with van der Waals surface area (Å²) >= 11 is 0. The van der Waals surface area contributed by atoms with Crippen molar-refractivity contribution in [3.63, 3.8) is 0 Å². The second kappa shape index (κ2) is 3.56. The van der Waals surface area contributed by atoms with Gasteiger partial charge in [-0.2, -0.15) is 0 Å². The molecular weight excluding hydrogens is 164 g/mol. The number of nitrogens with two attached hydrogens (primary N) is 1. The number of oxime groups is 1. The van der Waals surface area contributed by atoms with Crippen LogP contribution in [0.3, 0.4) is 0 Å². The summed E-state index contributed by atoms with van der Waals surface area (Å²) in [6, 6.07) is 0. The van der Waals surface area contributed by atoms with E-state index in [-0.39, 0.29) is 0 Å². The summed E-state index contributed by atoms with van der Waals surface area (Å²) in [5.74, 6) is 2.28. The van der Waals surface area contributed by atoms with Crippen molar-refractivity contribution in [2.75, 3.05) is 0 Å². The van der Waals surface area contributed by atoms with Crippen LogP contribution in [0.1, 0.15) is 38.5 Å². The van der Waals surface area contributed by atoms with Gasteiger partial charge in [0.1, 0.15) is 5.84 Å². The molecule has 0 bridgehead atoms. The molecule has 13 heavy (non-hydrogen) atoms. The van der Waals surface area contributed by atoms with Crippen LogP contribution in [0.2, 0.25) is 0 Å². The SMILES string of the molecule is N/C(=N\O)C(C1CCC1)C1CCC1. The third-order valence-electron chi connectivity index (χ3n) is 3.77. The lowest BCUT2D eigenvalue weighted by Crippen LogP contribution is -2.41. The standard InChI is InChI=1S/C10H18N2O/c11-10(12-13)9(7-3-1-4-7)8-5-2-6-8/h7-9,13H,1-6H2,(H2,11,12). The summed E-state index contributed by atoms with van der Waals surface area (Å²) in [5.41, 5.74) is 5.74. The monoisotopic (exact) mass is 182 g/mol. The molecule has 0 aliphatic heterocycles. The van der Waals surface area contributed by atoms with Crippen LogP contribution in [-0.2, 0) is 0 Å². The Hall–Kier alpha value is -0.730. The van der Waals surface area contributed by atoms with Gasteiger partial charge in [0.25, 0.3) is 0 Å². The van der Waals surface area contributed by atoms with Crippen LogP contribution in [0.4, 0.5) is 0 Å². The van der Waals surface area contributed by atoms with Gasteiger partial charge in [-0.15, -0.1) is 0 Å². The molecule has 0 aromatic heterocycles. The number of nitrogens with zero attached hydrogens (tertiary/aromatic N) is 1. The Bertz CT molecular complexity index is 193. The summed E-state index contributed by atoms with van der Waals surface area (Å²) in [5, 5.41) is 11.9. The van der Waals surface area contributed by atoms with Crippen LogP contribution in [0.15, 0.2) is 5.16 Å². The topological polar surface area (TPSA) is 58.6 Å². The number of hydrogen-bond acceptors (Lipinski definition) is 2. The van der Waals surface area contributed by atoms with E-state index in [1.807, 2.05) is 0 Å². The zero-order valence-corrected chi connectivity index (χ0v) is 7.95. The molecule has 3 N–H and O–H groups in total. The van der Waals surface area contributed by atoms with Gasteiger partial charge in [0.15, 0.2) is 0 Å². The summed E-state index contributed by atoms with van der Waals surface area (Å²) in [6.07, 6.45) is 7.75. The van der Waals surface area contributed by atoms with E-state index in [2.05, 4.69) is 5.16 Å². The molecule has 3 heteroatoms. The van der Waals surface area contributed by atoms with Gasteiger partial charge in [-0.25, -0.2) is 0 Å². The zero-order chi connectivity index (χ0) is 9.26. The van der Waals surface area contributed by atoms with Crippen molar-refractivity contribution < 1.29 is 5.21 Å². The Morgan fingerprint density at radius 1 is 1.15 bits per heavy atom. The zero-order valence-electron chi connectivity index (χ0n) is 7.95. The molecule has 0 atom stereocenters. The summed E-state index contributed by atoms with van der Waals surface area (Å²) in [6.45, 7) is 0. The van der Waals surface area contributed by atoms with Gasteiger partial charge in [-0.05, 0) is 37.5 Å². The van der Waals surface area contributed by atoms with E-state index in [1.165, 1.54) is 38.5 Å². The van der Waals surface area contributed by atoms with Crippen molar-refractivity contribution in [2.45, 2.75) is 38.5 Å². The minimum atomic E-state index is 0.382. The summed E-state index contributed by atoms with van der Waals surface area (Å²) in [7, 11) is 0. The summed E-state index contributed by atoms with van der Waals surface area (Å²) in [4.78, 5) is 0. The molecule has 2 aliphatic rings. The van der Waals surface area contributed by atoms with Gasteiger partial charge >= 0.3 is 0 Å². The molecule has 2 rings (SSSR count). The van der Waals surface area contributed by atoms with Gasteiger partial charge in [0.2, 0.25) is 0 Å². The first-order chi connectivity index (χ1) is 6.33. The number of rotatable bonds is 3. The number of amidine groups is 1. The third-order valence-corrected chi connectivity index (χ3v) is 3.77. The summed E-state index contributed by atoms with van der Waals surface area (Å²) < 4.78 is 0. The van der Waals surface area contributed by atoms with E-state index in [9.17, 15) is 0 Å². The van der Waals surface area contributed by atoms with E-state index in [0.717, 1.165) is 0 Å². The average molecular weight is 182 g/mol. The average Bonchev–Trinajstić information content (AvgIpc) is 1.95. The fraction of sp³-hybridized carbons (Fsp3) is 0.900. The molecule has 0 radical (unpaired) electrons. The lowest BCUT2D eigenvalue weighted by atomic mass is 9.64. The fourth-order valence-corrected chi connectivity index (χ4v) is 2.53. The first kappa shape index (κ1) is 8.85. The van der Waals surface area contributed by atoms with Crippen LogP contribution in [0, 0.1) is 17.8 Å². The van der Waals surface area contributed by atoms with E-state index in [4.69, 9.17) is 10.9 Å². The highest BCUT2D eigenvalue weighted by atomic mass is 16.4. The quantitative estimate of drug-likeness (QED) is 0.303. The molecule has 2 saturated carbocycles. The van der Waals surface area contributed by atoms with Gasteiger partial charge in [-0.1, -0.05) is 18.0 Å². The Morgan fingerprint density at radius 2 is 1.62 bits per heavy atom. The molecule has 0 unspecified atom stereocenters. The molecule has 2 fully saturated rings. The predicted molar refractivity (Wildman–Crippen MR) is 51.6 cm³/mol. The number of hydrogen-bond donors (Lipinski definition) is 2. The normalized spacial score (nSPS) is 25.8. The van der Waals surface area contributed by atoms with Crippen molar-refractivity contribution in [1.29, 1.82) is 0 Å². The third kappa shape index (κ3) is 1.52. The Balaban J connectivity index is 2.00. The Kier molecular flexibility index (Phi) is 2.42. The first-order valence-corrected chi connectivity index (χ1v) is 5.30. The van der Waals surface area contributed by atoms with Crippen molar-refractivity contribution in [1.82, 2.24) is 0 Å².